The molecule has 0 rings (SSSR count). The average Bonchev–Trinajstić information content (AvgIpc) is 2.42. The van der Waals surface area contributed by atoms with Crippen LogP contribution in [0.3, 0.4) is 0 Å². The van der Waals surface area contributed by atoms with Crippen LogP contribution in [0.2, 0.25) is 0 Å². The van der Waals surface area contributed by atoms with Crippen LogP contribution in [0.1, 0.15) is 0 Å². The van der Waals surface area contributed by atoms with Crippen molar-refractivity contribution in [3.63, 3.8) is 0 Å². The molecular weight excluding hydrogens is 462 g/mol. The third-order valence-corrected chi connectivity index (χ3v) is 3.44. The van der Waals surface area contributed by atoms with Gasteiger partial charge in [0.1, 0.15) is 10.1 Å². The third kappa shape index (κ3) is 4.78. The van der Waals surface area contributed by atoms with Crippen LogP contribution in [0.5, 0.6) is 0 Å². The summed E-state index contributed by atoms with van der Waals surface area (Å²) in [6.45, 7) is 0. The van der Waals surface area contributed by atoms with E-state index in [2.05, 4.69) is 0 Å². The molecule has 0 heterocycles. The van der Waals surface area contributed by atoms with Gasteiger partial charge >= 0.3 is 75.1 Å². The predicted octanol–water partition coefficient (Wildman–Crippen LogP) is 0.314. The Morgan fingerprint density at radius 1 is 0.692 bits per heavy atom. The SMILES string of the molecule is O=S(=O)([O-])C(F)C(F)(F)C(F)(F)C(F)(F)C(F)(F)C(F)C(F)C(F)F.[K+]. The van der Waals surface area contributed by atoms with Crippen LogP contribution in [0, 0.1) is 0 Å². The summed E-state index contributed by atoms with van der Waals surface area (Å²) >= 11 is 0. The standard InChI is InChI=1S/C8H5F13O3S.K/c9-1(3(11)12)2(10)5(14,15)7(18,19)8(20,21)6(16,17)4(13)25(22,23)24;/h1-4H,(H,22,23,24);/q;+1/p-1. The Morgan fingerprint density at radius 2 is 1.00 bits per heavy atom. The summed E-state index contributed by atoms with van der Waals surface area (Å²) in [7, 11) is -7.11. The molecule has 0 aliphatic heterocycles. The molecule has 0 spiro atoms. The second-order valence-electron chi connectivity index (χ2n) is 4.38. The first-order chi connectivity index (χ1) is 10.7. The molecule has 0 bridgehead atoms. The fourth-order valence-corrected chi connectivity index (χ4v) is 1.75. The third-order valence-electron chi connectivity index (χ3n) is 2.64. The van der Waals surface area contributed by atoms with Gasteiger partial charge in [0.15, 0.2) is 6.17 Å². The van der Waals surface area contributed by atoms with Gasteiger partial charge in [0, 0.05) is 0 Å². The van der Waals surface area contributed by atoms with Gasteiger partial charge in [0.2, 0.25) is 6.17 Å². The van der Waals surface area contributed by atoms with Crippen molar-refractivity contribution in [3.05, 3.63) is 0 Å². The van der Waals surface area contributed by atoms with Crippen LogP contribution in [-0.2, 0) is 10.1 Å². The van der Waals surface area contributed by atoms with Gasteiger partial charge in [-0.3, -0.25) is 0 Å². The molecule has 0 aromatic rings. The van der Waals surface area contributed by atoms with E-state index in [0.29, 0.717) is 0 Å². The van der Waals surface area contributed by atoms with Crippen LogP contribution in [0.15, 0.2) is 0 Å². The van der Waals surface area contributed by atoms with E-state index in [9.17, 15) is 70.0 Å². The summed E-state index contributed by atoms with van der Waals surface area (Å²) in [5.41, 5.74) is -5.70. The van der Waals surface area contributed by atoms with E-state index < -0.39 is 58.1 Å². The zero-order valence-electron chi connectivity index (χ0n) is 11.9. The first-order valence-electron chi connectivity index (χ1n) is 5.33. The van der Waals surface area contributed by atoms with E-state index in [4.69, 9.17) is 0 Å². The Labute approximate surface area is 178 Å². The smallest absolute Gasteiger partial charge is 0.746 e. The van der Waals surface area contributed by atoms with Crippen molar-refractivity contribution in [2.75, 3.05) is 0 Å². The topological polar surface area (TPSA) is 57.2 Å². The Bertz CT molecular complexity index is 580. The fourth-order valence-electron chi connectivity index (χ4n) is 1.24. The van der Waals surface area contributed by atoms with Crippen molar-refractivity contribution in [2.24, 2.45) is 0 Å². The van der Waals surface area contributed by atoms with Crippen molar-refractivity contribution >= 4 is 10.1 Å². The Morgan fingerprint density at radius 3 is 1.27 bits per heavy atom. The zero-order chi connectivity index (χ0) is 20.8. The Hall–Kier alpha value is 0.636. The molecule has 0 aliphatic rings. The van der Waals surface area contributed by atoms with Gasteiger partial charge in [-0.25, -0.2) is 30.4 Å². The zero-order valence-corrected chi connectivity index (χ0v) is 15.8. The van der Waals surface area contributed by atoms with Crippen molar-refractivity contribution < 1.29 is 121 Å². The Balaban J connectivity index is 0. The van der Waals surface area contributed by atoms with E-state index in [1.165, 1.54) is 0 Å². The summed E-state index contributed by atoms with van der Waals surface area (Å²) in [6, 6.07) is 0. The number of hydrogen-bond acceptors (Lipinski definition) is 3. The maximum atomic E-state index is 13.0. The second-order valence-corrected chi connectivity index (χ2v) is 5.78. The van der Waals surface area contributed by atoms with Gasteiger partial charge in [-0.05, 0) is 0 Å². The molecule has 18 heteroatoms. The van der Waals surface area contributed by atoms with Crippen LogP contribution in [0.4, 0.5) is 57.1 Å². The minimum absolute atomic E-state index is 0. The molecule has 3 atom stereocenters. The van der Waals surface area contributed by atoms with Gasteiger partial charge in [0.05, 0.1) is 0 Å². The fraction of sp³-hybridized carbons (Fsp3) is 1.00. The number of halogens is 13. The molecule has 3 unspecified atom stereocenters. The van der Waals surface area contributed by atoms with E-state index in [1.807, 2.05) is 0 Å². The average molecular weight is 466 g/mol. The summed E-state index contributed by atoms with van der Waals surface area (Å²) in [5, 5.41) is 0. The molecule has 152 valence electrons. The molecule has 0 N–H and O–H groups in total. The molecule has 26 heavy (non-hydrogen) atoms. The number of rotatable bonds is 8. The van der Waals surface area contributed by atoms with Crippen LogP contribution in [-0.4, -0.2) is 60.9 Å². The molecule has 0 fully saturated rings. The van der Waals surface area contributed by atoms with E-state index in [0.717, 1.165) is 0 Å². The summed E-state index contributed by atoms with van der Waals surface area (Å²) in [6.07, 6.45) is -15.1. The van der Waals surface area contributed by atoms with Crippen molar-refractivity contribution in [2.45, 2.75) is 48.0 Å². The number of hydrogen-bond donors (Lipinski definition) is 0. The van der Waals surface area contributed by atoms with Crippen molar-refractivity contribution in [1.29, 1.82) is 0 Å². The Kier molecular flexibility index (Phi) is 9.50. The van der Waals surface area contributed by atoms with E-state index >= 15 is 0 Å². The van der Waals surface area contributed by atoms with Gasteiger partial charge < -0.3 is 4.55 Å². The van der Waals surface area contributed by atoms with Crippen LogP contribution in [0.25, 0.3) is 0 Å². The van der Waals surface area contributed by atoms with E-state index in [1.54, 1.807) is 0 Å². The molecule has 0 saturated carbocycles. The summed E-state index contributed by atoms with van der Waals surface area (Å²) in [4.78, 5) is 0. The minimum Gasteiger partial charge on any atom is -0.746 e. The molecule has 0 amide bonds. The number of alkyl halides is 13. The molecule has 0 aromatic carbocycles. The predicted molar refractivity (Wildman–Crippen MR) is 50.2 cm³/mol. The molecule has 0 radical (unpaired) electrons. The first kappa shape index (κ1) is 28.8. The molecule has 0 aliphatic carbocycles. The minimum atomic E-state index is -7.81. The second kappa shape index (κ2) is 8.56. The van der Waals surface area contributed by atoms with Crippen molar-refractivity contribution in [3.8, 4) is 0 Å². The largest absolute Gasteiger partial charge is 1.00 e. The van der Waals surface area contributed by atoms with Gasteiger partial charge in [-0.15, -0.1) is 0 Å². The molecule has 0 saturated heterocycles. The maximum absolute atomic E-state index is 13.0. The molecular formula is C8H4F13KO3S. The van der Waals surface area contributed by atoms with Crippen molar-refractivity contribution in [1.82, 2.24) is 0 Å². The van der Waals surface area contributed by atoms with E-state index in [-0.39, 0.29) is 51.4 Å². The van der Waals surface area contributed by atoms with Gasteiger partial charge in [-0.2, -0.15) is 35.1 Å². The quantitative estimate of drug-likeness (QED) is 0.294. The van der Waals surface area contributed by atoms with Crippen LogP contribution < -0.4 is 51.4 Å². The molecule has 0 aromatic heterocycles. The summed E-state index contributed by atoms with van der Waals surface area (Å²) in [5.74, 6) is -30.3. The van der Waals surface area contributed by atoms with Gasteiger partial charge in [-0.1, -0.05) is 0 Å². The van der Waals surface area contributed by atoms with Crippen LogP contribution >= 0.6 is 0 Å². The first-order valence-corrected chi connectivity index (χ1v) is 6.80. The monoisotopic (exact) mass is 466 g/mol. The maximum Gasteiger partial charge on any atom is 1.00 e. The normalized spacial score (nSPS) is 18.3. The van der Waals surface area contributed by atoms with Gasteiger partial charge in [0.25, 0.3) is 11.9 Å². The molecule has 3 nitrogen and oxygen atoms in total. The summed E-state index contributed by atoms with van der Waals surface area (Å²) < 4.78 is 194.